The predicted molar refractivity (Wildman–Crippen MR) is 132 cm³/mol. The summed E-state index contributed by atoms with van der Waals surface area (Å²) in [6.45, 7) is 11.7. The molecule has 4 rings (SSSR count). The summed E-state index contributed by atoms with van der Waals surface area (Å²) in [6.07, 6.45) is 2.64. The summed E-state index contributed by atoms with van der Waals surface area (Å²) in [5.41, 5.74) is 0.219. The fourth-order valence-electron chi connectivity index (χ4n) is 4.82. The molecule has 0 radical (unpaired) electrons. The minimum absolute atomic E-state index is 0.292. The SMILES string of the molecule is CCC(C)(CC)N1C(=O)c2ccc(Oc3ccc4c(c3)C(=O)N(C(C)(CC)CC)C4=O)cc2C1=O. The first-order valence-electron chi connectivity index (χ1n) is 12.3. The Morgan fingerprint density at radius 3 is 1.20 bits per heavy atom. The number of benzene rings is 2. The molecule has 184 valence electrons. The van der Waals surface area contributed by atoms with E-state index in [4.69, 9.17) is 4.74 Å². The zero-order chi connectivity index (χ0) is 25.7. The van der Waals surface area contributed by atoms with Crippen LogP contribution in [-0.4, -0.2) is 44.5 Å². The molecule has 0 N–H and O–H groups in total. The number of nitrogens with zero attached hydrogens (tertiary/aromatic N) is 2. The van der Waals surface area contributed by atoms with E-state index in [0.29, 0.717) is 59.4 Å². The average molecular weight is 477 g/mol. The van der Waals surface area contributed by atoms with Gasteiger partial charge in [0.1, 0.15) is 11.5 Å². The molecular formula is C28H32N2O5. The Hall–Kier alpha value is -3.48. The quantitative estimate of drug-likeness (QED) is 0.448. The molecule has 0 atom stereocenters. The summed E-state index contributed by atoms with van der Waals surface area (Å²) in [7, 11) is 0. The van der Waals surface area contributed by atoms with Crippen LogP contribution in [0.4, 0.5) is 0 Å². The second kappa shape index (κ2) is 8.63. The Labute approximate surface area is 206 Å². The molecular weight excluding hydrogens is 444 g/mol. The molecule has 4 amide bonds. The van der Waals surface area contributed by atoms with Crippen LogP contribution in [0.2, 0.25) is 0 Å². The number of hydrogen-bond donors (Lipinski definition) is 0. The van der Waals surface area contributed by atoms with Gasteiger partial charge >= 0.3 is 0 Å². The number of ether oxygens (including phenoxy) is 1. The van der Waals surface area contributed by atoms with Crippen molar-refractivity contribution in [3.63, 3.8) is 0 Å². The Kier molecular flexibility index (Phi) is 6.07. The Morgan fingerprint density at radius 1 is 0.571 bits per heavy atom. The number of amides is 4. The van der Waals surface area contributed by atoms with E-state index in [0.717, 1.165) is 0 Å². The van der Waals surface area contributed by atoms with Crippen molar-refractivity contribution in [1.82, 2.24) is 9.80 Å². The van der Waals surface area contributed by atoms with Crippen LogP contribution in [0.5, 0.6) is 11.5 Å². The van der Waals surface area contributed by atoms with Crippen LogP contribution >= 0.6 is 0 Å². The van der Waals surface area contributed by atoms with Gasteiger partial charge in [0, 0.05) is 11.1 Å². The van der Waals surface area contributed by atoms with Crippen LogP contribution in [0, 0.1) is 0 Å². The minimum Gasteiger partial charge on any atom is -0.457 e. The third-order valence-corrected chi connectivity index (χ3v) is 8.08. The van der Waals surface area contributed by atoms with Crippen molar-refractivity contribution in [3.8, 4) is 11.5 Å². The lowest BCUT2D eigenvalue weighted by Gasteiger charge is -2.35. The van der Waals surface area contributed by atoms with Crippen molar-refractivity contribution >= 4 is 23.6 Å². The second-order valence-corrected chi connectivity index (χ2v) is 9.82. The molecule has 7 heteroatoms. The van der Waals surface area contributed by atoms with Gasteiger partial charge in [-0.3, -0.25) is 29.0 Å². The first-order chi connectivity index (χ1) is 16.5. The van der Waals surface area contributed by atoms with Gasteiger partial charge in [0.25, 0.3) is 23.6 Å². The van der Waals surface area contributed by atoms with E-state index in [9.17, 15) is 19.2 Å². The molecule has 2 aliphatic rings. The molecule has 0 saturated heterocycles. The summed E-state index contributed by atoms with van der Waals surface area (Å²) in [6, 6.07) is 9.63. The topological polar surface area (TPSA) is 84.0 Å². The van der Waals surface area contributed by atoms with Gasteiger partial charge < -0.3 is 4.74 Å². The number of rotatable bonds is 8. The highest BCUT2D eigenvalue weighted by Crippen LogP contribution is 2.38. The Balaban J connectivity index is 1.63. The smallest absolute Gasteiger partial charge is 0.262 e. The lowest BCUT2D eigenvalue weighted by molar-refractivity contribution is 0.0418. The Bertz CT molecular complexity index is 1140. The van der Waals surface area contributed by atoms with Gasteiger partial charge in [-0.25, -0.2) is 0 Å². The normalized spacial score (nSPS) is 15.7. The van der Waals surface area contributed by atoms with Gasteiger partial charge in [0.2, 0.25) is 0 Å². The lowest BCUT2D eigenvalue weighted by atomic mass is 9.93. The van der Waals surface area contributed by atoms with Crippen molar-refractivity contribution in [2.24, 2.45) is 0 Å². The summed E-state index contributed by atoms with van der Waals surface area (Å²) in [5, 5.41) is 0. The first-order valence-corrected chi connectivity index (χ1v) is 12.3. The van der Waals surface area contributed by atoms with E-state index in [-0.39, 0.29) is 23.6 Å². The molecule has 2 aromatic rings. The van der Waals surface area contributed by atoms with Gasteiger partial charge in [-0.05, 0) is 75.9 Å². The molecule has 7 nitrogen and oxygen atoms in total. The number of imide groups is 2. The molecule has 2 aromatic carbocycles. The second-order valence-electron chi connectivity index (χ2n) is 9.82. The molecule has 0 spiro atoms. The fraction of sp³-hybridized carbons (Fsp3) is 0.429. The standard InChI is InChI=1S/C28H32N2O5/c1-7-27(5,8-2)29-23(31)19-13-11-17(15-21(19)25(29)33)35-18-12-14-20-22(16-18)26(34)30(24(20)32)28(6,9-3)10-4/h11-16H,7-10H2,1-6H3. The summed E-state index contributed by atoms with van der Waals surface area (Å²) < 4.78 is 5.98. The van der Waals surface area contributed by atoms with Crippen LogP contribution in [0.15, 0.2) is 36.4 Å². The van der Waals surface area contributed by atoms with Crippen molar-refractivity contribution in [2.45, 2.75) is 78.3 Å². The zero-order valence-corrected chi connectivity index (χ0v) is 21.2. The van der Waals surface area contributed by atoms with E-state index >= 15 is 0 Å². The number of hydrogen-bond acceptors (Lipinski definition) is 5. The molecule has 0 bridgehead atoms. The van der Waals surface area contributed by atoms with Crippen LogP contribution in [0.25, 0.3) is 0 Å². The first kappa shape index (κ1) is 24.6. The molecule has 0 saturated carbocycles. The van der Waals surface area contributed by atoms with Gasteiger partial charge in [-0.1, -0.05) is 27.7 Å². The monoisotopic (exact) mass is 476 g/mol. The molecule has 0 aromatic heterocycles. The summed E-state index contributed by atoms with van der Waals surface area (Å²) in [4.78, 5) is 55.0. The van der Waals surface area contributed by atoms with Gasteiger partial charge in [-0.15, -0.1) is 0 Å². The van der Waals surface area contributed by atoms with Gasteiger partial charge in [0.05, 0.1) is 22.3 Å². The van der Waals surface area contributed by atoms with E-state index in [1.54, 1.807) is 36.4 Å². The lowest BCUT2D eigenvalue weighted by Crippen LogP contribution is -2.48. The minimum atomic E-state index is -0.557. The fourth-order valence-corrected chi connectivity index (χ4v) is 4.82. The van der Waals surface area contributed by atoms with E-state index < -0.39 is 11.1 Å². The largest absolute Gasteiger partial charge is 0.457 e. The third-order valence-electron chi connectivity index (χ3n) is 8.08. The van der Waals surface area contributed by atoms with Crippen molar-refractivity contribution in [3.05, 3.63) is 58.7 Å². The number of carbonyl (C=O) groups is 4. The summed E-state index contributed by atoms with van der Waals surface area (Å²) in [5.74, 6) is -0.487. The van der Waals surface area contributed by atoms with E-state index in [1.807, 2.05) is 41.5 Å². The number of carbonyl (C=O) groups excluding carboxylic acids is 4. The molecule has 2 aliphatic heterocycles. The molecule has 35 heavy (non-hydrogen) atoms. The predicted octanol–water partition coefficient (Wildman–Crippen LogP) is 5.83. The Morgan fingerprint density at radius 2 is 0.886 bits per heavy atom. The molecule has 0 unspecified atom stereocenters. The van der Waals surface area contributed by atoms with Crippen LogP contribution < -0.4 is 4.74 Å². The maximum absolute atomic E-state index is 13.2. The highest BCUT2D eigenvalue weighted by atomic mass is 16.5. The molecule has 0 aliphatic carbocycles. The van der Waals surface area contributed by atoms with Gasteiger partial charge in [-0.2, -0.15) is 0 Å². The average Bonchev–Trinajstić information content (AvgIpc) is 3.27. The van der Waals surface area contributed by atoms with Crippen LogP contribution in [-0.2, 0) is 0 Å². The van der Waals surface area contributed by atoms with Crippen LogP contribution in [0.1, 0.15) is 109 Å². The van der Waals surface area contributed by atoms with Crippen LogP contribution in [0.3, 0.4) is 0 Å². The highest BCUT2D eigenvalue weighted by Gasteiger charge is 2.46. The maximum Gasteiger partial charge on any atom is 0.262 e. The molecule has 0 fully saturated rings. The number of fused-ring (bicyclic) bond motifs is 2. The summed E-state index contributed by atoms with van der Waals surface area (Å²) >= 11 is 0. The van der Waals surface area contributed by atoms with E-state index in [2.05, 4.69) is 0 Å². The third kappa shape index (κ3) is 3.65. The van der Waals surface area contributed by atoms with Crippen molar-refractivity contribution < 1.29 is 23.9 Å². The van der Waals surface area contributed by atoms with Crippen molar-refractivity contribution in [2.75, 3.05) is 0 Å². The zero-order valence-electron chi connectivity index (χ0n) is 21.2. The molecule has 2 heterocycles. The van der Waals surface area contributed by atoms with Gasteiger partial charge in [0.15, 0.2) is 0 Å². The maximum atomic E-state index is 13.2. The van der Waals surface area contributed by atoms with Crippen molar-refractivity contribution in [1.29, 1.82) is 0 Å². The highest BCUT2D eigenvalue weighted by molar-refractivity contribution is 6.22. The van der Waals surface area contributed by atoms with E-state index in [1.165, 1.54) is 9.80 Å².